The van der Waals surface area contributed by atoms with Crippen molar-refractivity contribution in [1.82, 2.24) is 5.32 Å². The lowest BCUT2D eigenvalue weighted by Gasteiger charge is -2.44. The molecular formula is C12H22N2O2S2. The van der Waals surface area contributed by atoms with Crippen molar-refractivity contribution >= 4 is 33.9 Å². The Labute approximate surface area is 117 Å². The topological polar surface area (TPSA) is 72.2 Å². The number of nitrogens with two attached hydrogens (primary N) is 1. The second kappa shape index (κ2) is 6.10. The number of rotatable bonds is 6. The normalized spacial score (nSPS) is 30.1. The van der Waals surface area contributed by atoms with Gasteiger partial charge in [0, 0.05) is 28.9 Å². The van der Waals surface area contributed by atoms with Gasteiger partial charge in [-0.25, -0.2) is 0 Å². The van der Waals surface area contributed by atoms with E-state index in [0.717, 1.165) is 12.8 Å². The van der Waals surface area contributed by atoms with Gasteiger partial charge in [-0.1, -0.05) is 26.1 Å². The average molecular weight is 290 g/mol. The summed E-state index contributed by atoms with van der Waals surface area (Å²) in [6.07, 6.45) is 3.86. The predicted octanol–water partition coefficient (Wildman–Crippen LogP) is 0.962. The van der Waals surface area contributed by atoms with Crippen LogP contribution >= 0.6 is 12.2 Å². The first-order chi connectivity index (χ1) is 8.29. The van der Waals surface area contributed by atoms with E-state index in [4.69, 9.17) is 18.0 Å². The van der Waals surface area contributed by atoms with Crippen molar-refractivity contribution < 1.29 is 9.00 Å². The Balaban J connectivity index is 2.45. The zero-order valence-electron chi connectivity index (χ0n) is 11.2. The van der Waals surface area contributed by atoms with Gasteiger partial charge in [0.05, 0.1) is 10.4 Å². The Morgan fingerprint density at radius 3 is 2.56 bits per heavy atom. The van der Waals surface area contributed by atoms with Gasteiger partial charge < -0.3 is 11.1 Å². The van der Waals surface area contributed by atoms with Crippen LogP contribution in [0.15, 0.2) is 0 Å². The first-order valence-corrected chi connectivity index (χ1v) is 8.23. The fourth-order valence-corrected chi connectivity index (χ4v) is 3.06. The highest BCUT2D eigenvalue weighted by Crippen LogP contribution is 2.45. The van der Waals surface area contributed by atoms with Crippen LogP contribution in [-0.2, 0) is 15.6 Å². The molecule has 4 nitrogen and oxygen atoms in total. The van der Waals surface area contributed by atoms with Gasteiger partial charge >= 0.3 is 0 Å². The van der Waals surface area contributed by atoms with Gasteiger partial charge in [0.2, 0.25) is 5.91 Å². The zero-order chi connectivity index (χ0) is 13.9. The minimum atomic E-state index is -0.850. The van der Waals surface area contributed by atoms with E-state index in [2.05, 4.69) is 12.2 Å². The lowest BCUT2D eigenvalue weighted by molar-refractivity contribution is -0.132. The molecule has 0 saturated heterocycles. The van der Waals surface area contributed by atoms with Crippen LogP contribution in [0, 0.1) is 11.3 Å². The molecule has 0 aromatic carbocycles. The average Bonchev–Trinajstić information content (AvgIpc) is 2.23. The number of hydrogen-bond acceptors (Lipinski definition) is 3. The van der Waals surface area contributed by atoms with Crippen molar-refractivity contribution in [1.29, 1.82) is 0 Å². The van der Waals surface area contributed by atoms with Gasteiger partial charge in [0.1, 0.15) is 0 Å². The molecular weight excluding hydrogens is 268 g/mol. The first-order valence-electron chi connectivity index (χ1n) is 6.20. The molecule has 0 bridgehead atoms. The van der Waals surface area contributed by atoms with E-state index in [0.29, 0.717) is 23.9 Å². The summed E-state index contributed by atoms with van der Waals surface area (Å²) in [7, 11) is -0.850. The van der Waals surface area contributed by atoms with E-state index in [1.165, 1.54) is 0 Å². The number of carbonyl (C=O) groups excluding carboxylic acids is 1. The maximum atomic E-state index is 12.1. The van der Waals surface area contributed by atoms with Gasteiger partial charge in [0.15, 0.2) is 0 Å². The molecule has 1 saturated carbocycles. The molecule has 0 aromatic rings. The molecule has 104 valence electrons. The van der Waals surface area contributed by atoms with E-state index in [1.54, 1.807) is 6.26 Å². The van der Waals surface area contributed by atoms with Crippen LogP contribution in [0.3, 0.4) is 0 Å². The third kappa shape index (κ3) is 3.29. The SMILES string of the molecule is CC1CC(C(=O)NCCC(C)S(C)=O)(C(N)=S)C1. The van der Waals surface area contributed by atoms with E-state index in [-0.39, 0.29) is 11.2 Å². The first kappa shape index (κ1) is 15.6. The number of thiocarbonyl (C=S) groups is 1. The second-order valence-electron chi connectivity index (χ2n) is 5.31. The highest BCUT2D eigenvalue weighted by atomic mass is 32.2. The van der Waals surface area contributed by atoms with Crippen LogP contribution in [0.4, 0.5) is 0 Å². The largest absolute Gasteiger partial charge is 0.392 e. The molecule has 0 radical (unpaired) electrons. The molecule has 18 heavy (non-hydrogen) atoms. The van der Waals surface area contributed by atoms with Crippen LogP contribution in [0.2, 0.25) is 0 Å². The maximum Gasteiger partial charge on any atom is 0.233 e. The van der Waals surface area contributed by atoms with Crippen molar-refractivity contribution in [2.24, 2.45) is 17.1 Å². The number of amides is 1. The Kier molecular flexibility index (Phi) is 5.28. The van der Waals surface area contributed by atoms with Gasteiger partial charge in [-0.3, -0.25) is 9.00 Å². The summed E-state index contributed by atoms with van der Waals surface area (Å²) in [5.74, 6) is 0.432. The molecule has 0 aromatic heterocycles. The van der Waals surface area contributed by atoms with Gasteiger partial charge in [-0.05, 0) is 25.2 Å². The molecule has 6 heteroatoms. The summed E-state index contributed by atoms with van der Waals surface area (Å²) in [5, 5.41) is 2.96. The smallest absolute Gasteiger partial charge is 0.233 e. The number of nitrogens with one attached hydrogen (secondary N) is 1. The molecule has 0 heterocycles. The minimum Gasteiger partial charge on any atom is -0.392 e. The number of hydrogen-bond donors (Lipinski definition) is 2. The third-order valence-corrected chi connectivity index (χ3v) is 5.46. The maximum absolute atomic E-state index is 12.1. The lowest BCUT2D eigenvalue weighted by Crippen LogP contribution is -2.56. The van der Waals surface area contributed by atoms with Crippen molar-refractivity contribution in [3.63, 3.8) is 0 Å². The Hall–Kier alpha value is -0.490. The molecule has 2 unspecified atom stereocenters. The van der Waals surface area contributed by atoms with E-state index < -0.39 is 16.2 Å². The van der Waals surface area contributed by atoms with Crippen LogP contribution in [0.5, 0.6) is 0 Å². The molecule has 1 aliphatic rings. The fraction of sp³-hybridized carbons (Fsp3) is 0.833. The molecule has 0 aliphatic heterocycles. The summed E-state index contributed by atoms with van der Waals surface area (Å²) in [6, 6.07) is 0. The van der Waals surface area contributed by atoms with Gasteiger partial charge in [0.25, 0.3) is 0 Å². The fourth-order valence-electron chi connectivity index (χ4n) is 2.35. The second-order valence-corrected chi connectivity index (χ2v) is 7.56. The monoisotopic (exact) mass is 290 g/mol. The van der Waals surface area contributed by atoms with E-state index in [1.807, 2.05) is 6.92 Å². The molecule has 3 N–H and O–H groups in total. The summed E-state index contributed by atoms with van der Waals surface area (Å²) < 4.78 is 11.2. The molecule has 1 aliphatic carbocycles. The van der Waals surface area contributed by atoms with Crippen molar-refractivity contribution in [3.8, 4) is 0 Å². The molecule has 1 fully saturated rings. The Bertz CT molecular complexity index is 365. The van der Waals surface area contributed by atoms with E-state index in [9.17, 15) is 9.00 Å². The Morgan fingerprint density at radius 2 is 2.17 bits per heavy atom. The van der Waals surface area contributed by atoms with Crippen molar-refractivity contribution in [3.05, 3.63) is 0 Å². The zero-order valence-corrected chi connectivity index (χ0v) is 12.8. The quantitative estimate of drug-likeness (QED) is 0.715. The molecule has 1 amide bonds. The van der Waals surface area contributed by atoms with Crippen LogP contribution in [0.1, 0.15) is 33.1 Å². The highest BCUT2D eigenvalue weighted by Gasteiger charge is 2.50. The molecule has 1 rings (SSSR count). The molecule has 0 spiro atoms. The predicted molar refractivity (Wildman–Crippen MR) is 78.8 cm³/mol. The number of carbonyl (C=O) groups is 1. The third-order valence-electron chi connectivity index (χ3n) is 3.70. The van der Waals surface area contributed by atoms with E-state index >= 15 is 0 Å². The summed E-state index contributed by atoms with van der Waals surface area (Å²) >= 11 is 5.02. The standard InChI is InChI=1S/C12H22N2O2S2/c1-8-6-12(7-8,10(13)17)11(15)14-5-4-9(2)18(3)16/h8-9H,4-7H2,1-3H3,(H2,13,17)(H,14,15). The van der Waals surface area contributed by atoms with Crippen molar-refractivity contribution in [2.45, 2.75) is 38.4 Å². The van der Waals surface area contributed by atoms with Crippen LogP contribution in [0.25, 0.3) is 0 Å². The van der Waals surface area contributed by atoms with Crippen molar-refractivity contribution in [2.75, 3.05) is 12.8 Å². The lowest BCUT2D eigenvalue weighted by atomic mass is 9.62. The van der Waals surface area contributed by atoms with Crippen LogP contribution in [-0.4, -0.2) is 33.2 Å². The highest BCUT2D eigenvalue weighted by molar-refractivity contribution is 7.84. The minimum absolute atomic E-state index is 0.0674. The summed E-state index contributed by atoms with van der Waals surface area (Å²) in [6.45, 7) is 4.53. The van der Waals surface area contributed by atoms with Crippen LogP contribution < -0.4 is 11.1 Å². The summed E-state index contributed by atoms with van der Waals surface area (Å²) in [4.78, 5) is 12.4. The Morgan fingerprint density at radius 1 is 1.61 bits per heavy atom. The van der Waals surface area contributed by atoms with Gasteiger partial charge in [-0.2, -0.15) is 0 Å². The summed E-state index contributed by atoms with van der Waals surface area (Å²) in [5.41, 5.74) is 5.06. The van der Waals surface area contributed by atoms with Gasteiger partial charge in [-0.15, -0.1) is 0 Å². The molecule has 2 atom stereocenters.